The number of hydrogen-bond donors (Lipinski definition) is 2. The lowest BCUT2D eigenvalue weighted by molar-refractivity contribution is 0.518. The van der Waals surface area contributed by atoms with E-state index in [1.54, 1.807) is 0 Å². The maximum absolute atomic E-state index is 4.28. The normalized spacial score (nSPS) is 11.6. The van der Waals surface area contributed by atoms with E-state index >= 15 is 0 Å². The van der Waals surface area contributed by atoms with Crippen molar-refractivity contribution in [2.75, 3.05) is 20.1 Å². The van der Waals surface area contributed by atoms with Crippen LogP contribution in [0.3, 0.4) is 0 Å². The summed E-state index contributed by atoms with van der Waals surface area (Å²) in [6.45, 7) is 6.33. The molecule has 0 unspecified atom stereocenters. The summed E-state index contributed by atoms with van der Waals surface area (Å²) in [6, 6.07) is 5.93. The highest BCUT2D eigenvalue weighted by atomic mass is 127. The molecule has 7 heteroatoms. The number of halogens is 1. The van der Waals surface area contributed by atoms with Crippen LogP contribution in [0.2, 0.25) is 0 Å². The molecule has 2 heterocycles. The molecule has 2 rings (SSSR count). The molecular weight excluding hydrogens is 439 g/mol. The molecule has 26 heavy (non-hydrogen) atoms. The zero-order valence-corrected chi connectivity index (χ0v) is 18.6. The first-order valence-corrected chi connectivity index (χ1v) is 9.44. The Morgan fingerprint density at radius 1 is 1.08 bits per heavy atom. The fourth-order valence-corrected chi connectivity index (χ4v) is 2.81. The molecule has 0 spiro atoms. The Kier molecular flexibility index (Phi) is 11.2. The molecule has 0 aromatic carbocycles. The zero-order valence-electron chi connectivity index (χ0n) is 16.2. The van der Waals surface area contributed by atoms with Crippen molar-refractivity contribution in [3.8, 4) is 0 Å². The number of nitrogens with zero attached hydrogens (tertiary/aromatic N) is 4. The van der Waals surface area contributed by atoms with E-state index in [1.165, 1.54) is 32.1 Å². The largest absolute Gasteiger partial charge is 0.356 e. The molecule has 146 valence electrons. The van der Waals surface area contributed by atoms with Gasteiger partial charge in [-0.25, -0.2) is 0 Å². The van der Waals surface area contributed by atoms with E-state index in [2.05, 4.69) is 39.7 Å². The van der Waals surface area contributed by atoms with E-state index in [-0.39, 0.29) is 24.0 Å². The molecule has 0 atom stereocenters. The molecule has 0 bridgehead atoms. The fraction of sp³-hybridized carbons (Fsp3) is 0.632. The van der Waals surface area contributed by atoms with Gasteiger partial charge in [0.15, 0.2) is 11.6 Å². The minimum atomic E-state index is 0. The molecular formula is C19H33IN6. The average Bonchev–Trinajstić information content (AvgIpc) is 3.02. The Balaban J connectivity index is 0.00000338. The average molecular weight is 472 g/mol. The predicted molar refractivity (Wildman–Crippen MR) is 119 cm³/mol. The standard InChI is InChI=1S/C19H32N6.HI/c1-16(2)10-6-4-5-8-13-21-19(20-3)22-14-12-18-24-23-17-11-7-9-15-25(17)18;/h7,9,11,15-16H,4-6,8,10,12-14H2,1-3H3,(H2,20,21,22);1H. The Hall–Kier alpha value is -1.38. The number of guanidine groups is 1. The summed E-state index contributed by atoms with van der Waals surface area (Å²) in [6.07, 6.45) is 9.28. The number of hydrogen-bond acceptors (Lipinski definition) is 3. The van der Waals surface area contributed by atoms with E-state index in [1.807, 2.05) is 35.8 Å². The van der Waals surface area contributed by atoms with Gasteiger partial charge >= 0.3 is 0 Å². The first-order valence-electron chi connectivity index (χ1n) is 9.44. The third-order valence-corrected chi connectivity index (χ3v) is 4.25. The number of pyridine rings is 1. The number of nitrogens with one attached hydrogen (secondary N) is 2. The van der Waals surface area contributed by atoms with Gasteiger partial charge in [0.2, 0.25) is 0 Å². The van der Waals surface area contributed by atoms with Crippen molar-refractivity contribution in [2.45, 2.75) is 52.4 Å². The molecule has 0 aliphatic rings. The summed E-state index contributed by atoms with van der Waals surface area (Å²) in [5.74, 6) is 2.64. The summed E-state index contributed by atoms with van der Waals surface area (Å²) in [4.78, 5) is 4.28. The molecule has 0 aliphatic carbocycles. The number of aliphatic imine (C=N–C) groups is 1. The second-order valence-corrected chi connectivity index (χ2v) is 6.82. The van der Waals surface area contributed by atoms with Crippen LogP contribution in [0.15, 0.2) is 29.4 Å². The smallest absolute Gasteiger partial charge is 0.190 e. The first kappa shape index (κ1) is 22.7. The van der Waals surface area contributed by atoms with Crippen LogP contribution in [0.1, 0.15) is 51.8 Å². The Bertz CT molecular complexity index is 652. The Morgan fingerprint density at radius 3 is 2.62 bits per heavy atom. The lowest BCUT2D eigenvalue weighted by atomic mass is 10.0. The van der Waals surface area contributed by atoms with Crippen molar-refractivity contribution in [2.24, 2.45) is 10.9 Å². The minimum absolute atomic E-state index is 0. The molecule has 2 aromatic rings. The van der Waals surface area contributed by atoms with Gasteiger partial charge in [-0.2, -0.15) is 0 Å². The third-order valence-electron chi connectivity index (χ3n) is 4.25. The third kappa shape index (κ3) is 7.88. The van der Waals surface area contributed by atoms with Gasteiger partial charge in [-0.05, 0) is 24.5 Å². The zero-order chi connectivity index (χ0) is 17.9. The number of unbranched alkanes of at least 4 members (excludes halogenated alkanes) is 3. The molecule has 2 aromatic heterocycles. The molecule has 0 saturated heterocycles. The Labute approximate surface area is 174 Å². The number of rotatable bonds is 10. The lowest BCUT2D eigenvalue weighted by Gasteiger charge is -2.11. The number of fused-ring (bicyclic) bond motifs is 1. The molecule has 0 radical (unpaired) electrons. The van der Waals surface area contributed by atoms with Crippen LogP contribution in [-0.2, 0) is 6.42 Å². The highest BCUT2D eigenvalue weighted by Gasteiger charge is 2.04. The summed E-state index contributed by atoms with van der Waals surface area (Å²) in [5, 5.41) is 15.1. The van der Waals surface area contributed by atoms with Gasteiger partial charge in [-0.1, -0.05) is 45.6 Å². The van der Waals surface area contributed by atoms with Crippen LogP contribution in [0.4, 0.5) is 0 Å². The van der Waals surface area contributed by atoms with Crippen LogP contribution in [0.25, 0.3) is 5.65 Å². The van der Waals surface area contributed by atoms with E-state index in [0.29, 0.717) is 0 Å². The van der Waals surface area contributed by atoms with Crippen molar-refractivity contribution in [1.82, 2.24) is 25.2 Å². The quantitative estimate of drug-likeness (QED) is 0.240. The van der Waals surface area contributed by atoms with Gasteiger partial charge in [-0.15, -0.1) is 34.2 Å². The van der Waals surface area contributed by atoms with Crippen molar-refractivity contribution >= 4 is 35.6 Å². The number of aromatic nitrogens is 3. The van der Waals surface area contributed by atoms with Gasteiger partial charge in [0.1, 0.15) is 5.82 Å². The summed E-state index contributed by atoms with van der Waals surface area (Å²) < 4.78 is 2.02. The molecule has 0 saturated carbocycles. The molecule has 0 amide bonds. The maximum atomic E-state index is 4.28. The van der Waals surface area contributed by atoms with Crippen LogP contribution in [0.5, 0.6) is 0 Å². The molecule has 0 aliphatic heterocycles. The van der Waals surface area contributed by atoms with Crippen LogP contribution in [-0.4, -0.2) is 40.7 Å². The van der Waals surface area contributed by atoms with E-state index in [4.69, 9.17) is 0 Å². The van der Waals surface area contributed by atoms with Crippen molar-refractivity contribution in [3.63, 3.8) is 0 Å². The van der Waals surface area contributed by atoms with Crippen molar-refractivity contribution in [1.29, 1.82) is 0 Å². The monoisotopic (exact) mass is 472 g/mol. The topological polar surface area (TPSA) is 66.6 Å². The summed E-state index contributed by atoms with van der Waals surface area (Å²) in [7, 11) is 1.81. The first-order chi connectivity index (χ1) is 12.2. The fourth-order valence-electron chi connectivity index (χ4n) is 2.81. The maximum Gasteiger partial charge on any atom is 0.190 e. The summed E-state index contributed by atoms with van der Waals surface area (Å²) >= 11 is 0. The van der Waals surface area contributed by atoms with Crippen molar-refractivity contribution < 1.29 is 0 Å². The lowest BCUT2D eigenvalue weighted by Crippen LogP contribution is -2.38. The van der Waals surface area contributed by atoms with Crippen LogP contribution >= 0.6 is 24.0 Å². The van der Waals surface area contributed by atoms with Crippen molar-refractivity contribution in [3.05, 3.63) is 30.2 Å². The molecule has 0 fully saturated rings. The van der Waals surface area contributed by atoms with Gasteiger partial charge in [-0.3, -0.25) is 9.39 Å². The van der Waals surface area contributed by atoms with Gasteiger partial charge < -0.3 is 10.6 Å². The highest BCUT2D eigenvalue weighted by molar-refractivity contribution is 14.0. The Morgan fingerprint density at radius 2 is 1.85 bits per heavy atom. The van der Waals surface area contributed by atoms with E-state index < -0.39 is 0 Å². The second kappa shape index (κ2) is 12.9. The molecule has 6 nitrogen and oxygen atoms in total. The van der Waals surface area contributed by atoms with E-state index in [9.17, 15) is 0 Å². The summed E-state index contributed by atoms with van der Waals surface area (Å²) in [5.41, 5.74) is 0.887. The predicted octanol–water partition coefficient (Wildman–Crippen LogP) is 3.66. The van der Waals surface area contributed by atoms with Crippen LogP contribution in [0, 0.1) is 5.92 Å². The van der Waals surface area contributed by atoms with Gasteiger partial charge in [0.05, 0.1) is 0 Å². The van der Waals surface area contributed by atoms with Gasteiger partial charge in [0.25, 0.3) is 0 Å². The second-order valence-electron chi connectivity index (χ2n) is 6.82. The molecule has 2 N–H and O–H groups in total. The van der Waals surface area contributed by atoms with E-state index in [0.717, 1.165) is 42.9 Å². The highest BCUT2D eigenvalue weighted by Crippen LogP contribution is 2.08. The van der Waals surface area contributed by atoms with Crippen LogP contribution < -0.4 is 10.6 Å². The SMILES string of the molecule is CN=C(NCCCCCCC(C)C)NCCc1nnc2ccccn12.I. The van der Waals surface area contributed by atoms with Gasteiger partial charge in [0, 0.05) is 32.8 Å². The minimum Gasteiger partial charge on any atom is -0.356 e.